The SMILES string of the molecule is CC(C)(C)NS(=O)(=O)c1ccc(NC(=O)CN2CCc3ccccc3C2=O)cc1.Cc1ccccc1.[HH].[HH]. The average Bonchev–Trinajstić information content (AvgIpc) is 2.81. The largest absolute Gasteiger partial charge is 0.329 e. The first-order chi connectivity index (χ1) is 16.9. The van der Waals surface area contributed by atoms with Crippen LogP contribution in [0.5, 0.6) is 0 Å². The van der Waals surface area contributed by atoms with Gasteiger partial charge in [-0.25, -0.2) is 13.1 Å². The molecule has 8 heteroatoms. The van der Waals surface area contributed by atoms with E-state index in [9.17, 15) is 18.0 Å². The summed E-state index contributed by atoms with van der Waals surface area (Å²) in [6.07, 6.45) is 0.711. The average molecular weight is 512 g/mol. The molecule has 3 aromatic rings. The van der Waals surface area contributed by atoms with Gasteiger partial charge in [0.2, 0.25) is 15.9 Å². The van der Waals surface area contributed by atoms with Crippen molar-refractivity contribution in [2.45, 2.75) is 44.6 Å². The maximum atomic E-state index is 12.5. The summed E-state index contributed by atoms with van der Waals surface area (Å²) in [5.41, 5.74) is 2.82. The van der Waals surface area contributed by atoms with Crippen LogP contribution in [0.1, 0.15) is 45.1 Å². The van der Waals surface area contributed by atoms with Crippen LogP contribution in [0.15, 0.2) is 83.8 Å². The molecule has 0 aromatic heterocycles. The third-order valence-corrected chi connectivity index (χ3v) is 7.12. The lowest BCUT2D eigenvalue weighted by Crippen LogP contribution is -2.42. The Balaban J connectivity index is 0.000000697. The number of anilines is 1. The summed E-state index contributed by atoms with van der Waals surface area (Å²) < 4.78 is 27.3. The van der Waals surface area contributed by atoms with Crippen LogP contribution in [-0.2, 0) is 21.2 Å². The van der Waals surface area contributed by atoms with Crippen molar-refractivity contribution in [3.05, 3.63) is 95.6 Å². The highest BCUT2D eigenvalue weighted by atomic mass is 32.2. The molecule has 1 aliphatic rings. The Morgan fingerprint density at radius 3 is 2.14 bits per heavy atom. The summed E-state index contributed by atoms with van der Waals surface area (Å²) in [6.45, 7) is 7.80. The summed E-state index contributed by atoms with van der Waals surface area (Å²) in [5.74, 6) is -0.488. The number of benzene rings is 3. The lowest BCUT2D eigenvalue weighted by Gasteiger charge is -2.28. The van der Waals surface area contributed by atoms with Gasteiger partial charge in [-0.1, -0.05) is 54.1 Å². The van der Waals surface area contributed by atoms with E-state index in [1.807, 2.05) is 36.4 Å². The molecule has 0 atom stereocenters. The Hall–Kier alpha value is -3.49. The maximum absolute atomic E-state index is 12.5. The molecule has 3 aromatic carbocycles. The number of carbonyl (C=O) groups is 2. The van der Waals surface area contributed by atoms with Gasteiger partial charge in [-0.2, -0.15) is 0 Å². The summed E-state index contributed by atoms with van der Waals surface area (Å²) in [6, 6.07) is 23.6. The molecule has 2 amide bonds. The molecule has 7 nitrogen and oxygen atoms in total. The predicted octanol–water partition coefficient (Wildman–Crippen LogP) is 4.89. The van der Waals surface area contributed by atoms with Crippen molar-refractivity contribution in [1.29, 1.82) is 0 Å². The van der Waals surface area contributed by atoms with Crippen LogP contribution in [0.4, 0.5) is 5.69 Å². The molecule has 36 heavy (non-hydrogen) atoms. The minimum Gasteiger partial charge on any atom is -0.329 e. The van der Waals surface area contributed by atoms with E-state index in [2.05, 4.69) is 29.1 Å². The van der Waals surface area contributed by atoms with Gasteiger partial charge in [-0.15, -0.1) is 0 Å². The second-order valence-corrected chi connectivity index (χ2v) is 11.4. The Labute approximate surface area is 216 Å². The van der Waals surface area contributed by atoms with Crippen molar-refractivity contribution in [1.82, 2.24) is 9.62 Å². The van der Waals surface area contributed by atoms with Gasteiger partial charge < -0.3 is 10.2 Å². The van der Waals surface area contributed by atoms with Gasteiger partial charge in [0, 0.05) is 26.2 Å². The number of rotatable bonds is 5. The highest BCUT2D eigenvalue weighted by molar-refractivity contribution is 7.89. The normalized spacial score (nSPS) is 13.3. The van der Waals surface area contributed by atoms with Crippen LogP contribution >= 0.6 is 0 Å². The molecule has 1 heterocycles. The fourth-order valence-corrected chi connectivity index (χ4v) is 5.13. The van der Waals surface area contributed by atoms with Crippen LogP contribution < -0.4 is 10.0 Å². The van der Waals surface area contributed by atoms with Crippen LogP contribution in [-0.4, -0.2) is 43.8 Å². The summed E-state index contributed by atoms with van der Waals surface area (Å²) in [7, 11) is -3.64. The molecular weight excluding hydrogens is 474 g/mol. The first kappa shape index (κ1) is 27.1. The number of carbonyl (C=O) groups excluding carboxylic acids is 2. The zero-order valence-electron chi connectivity index (χ0n) is 21.1. The molecule has 0 saturated heterocycles. The molecule has 4 rings (SSSR count). The first-order valence-corrected chi connectivity index (χ1v) is 13.3. The third kappa shape index (κ3) is 7.76. The van der Waals surface area contributed by atoms with E-state index in [1.165, 1.54) is 34.7 Å². The van der Waals surface area contributed by atoms with Crippen LogP contribution in [0.3, 0.4) is 0 Å². The summed E-state index contributed by atoms with van der Waals surface area (Å²) in [5, 5.41) is 2.71. The zero-order valence-corrected chi connectivity index (χ0v) is 21.9. The fraction of sp³-hybridized carbons (Fsp3) is 0.286. The van der Waals surface area contributed by atoms with E-state index in [4.69, 9.17) is 0 Å². The molecule has 0 aliphatic carbocycles. The number of aryl methyl sites for hydroxylation is 1. The van der Waals surface area contributed by atoms with Gasteiger partial charge in [-0.05, 0) is 70.0 Å². The molecule has 0 saturated carbocycles. The van der Waals surface area contributed by atoms with Crippen molar-refractivity contribution in [2.24, 2.45) is 0 Å². The van der Waals surface area contributed by atoms with Crippen molar-refractivity contribution in [2.75, 3.05) is 18.4 Å². The molecule has 1 aliphatic heterocycles. The van der Waals surface area contributed by atoms with Crippen LogP contribution in [0.2, 0.25) is 0 Å². The Morgan fingerprint density at radius 2 is 1.56 bits per heavy atom. The molecule has 0 fully saturated rings. The molecule has 0 unspecified atom stereocenters. The maximum Gasteiger partial charge on any atom is 0.254 e. The lowest BCUT2D eigenvalue weighted by molar-refractivity contribution is -0.116. The smallest absolute Gasteiger partial charge is 0.254 e. The zero-order chi connectivity index (χ0) is 26.3. The number of fused-ring (bicyclic) bond motifs is 1. The fourth-order valence-electron chi connectivity index (χ4n) is 3.71. The molecule has 0 bridgehead atoms. The lowest BCUT2D eigenvalue weighted by atomic mass is 9.99. The molecule has 0 radical (unpaired) electrons. The van der Waals surface area contributed by atoms with E-state index >= 15 is 0 Å². The molecule has 0 spiro atoms. The van der Waals surface area contributed by atoms with Crippen LogP contribution in [0, 0.1) is 6.92 Å². The Kier molecular flexibility index (Phi) is 8.66. The van der Waals surface area contributed by atoms with Crippen LogP contribution in [0.25, 0.3) is 0 Å². The van der Waals surface area contributed by atoms with E-state index in [-0.39, 0.29) is 26.1 Å². The first-order valence-electron chi connectivity index (χ1n) is 11.8. The highest BCUT2D eigenvalue weighted by Gasteiger charge is 2.26. The third-order valence-electron chi connectivity index (χ3n) is 5.35. The van der Waals surface area contributed by atoms with E-state index in [0.29, 0.717) is 24.2 Å². The number of nitrogens with zero attached hydrogens (tertiary/aromatic N) is 1. The monoisotopic (exact) mass is 511 g/mol. The number of amides is 2. The second-order valence-electron chi connectivity index (χ2n) is 9.72. The van der Waals surface area contributed by atoms with E-state index in [1.54, 1.807) is 26.8 Å². The molecule has 194 valence electrons. The number of hydrogen-bond acceptors (Lipinski definition) is 4. The van der Waals surface area contributed by atoms with Gasteiger partial charge >= 0.3 is 0 Å². The Bertz CT molecular complexity index is 1310. The number of hydrogen-bond donors (Lipinski definition) is 2. The summed E-state index contributed by atoms with van der Waals surface area (Å²) in [4.78, 5) is 26.6. The quantitative estimate of drug-likeness (QED) is 0.510. The van der Waals surface area contributed by atoms with Gasteiger partial charge in [0.15, 0.2) is 0 Å². The van der Waals surface area contributed by atoms with Gasteiger partial charge in [0.05, 0.1) is 4.90 Å². The van der Waals surface area contributed by atoms with Crippen molar-refractivity contribution >= 4 is 27.5 Å². The number of sulfonamides is 1. The van der Waals surface area contributed by atoms with Gasteiger partial charge in [0.25, 0.3) is 5.91 Å². The number of nitrogens with one attached hydrogen (secondary N) is 2. The minimum atomic E-state index is -3.64. The van der Waals surface area contributed by atoms with Crippen molar-refractivity contribution < 1.29 is 20.9 Å². The Morgan fingerprint density at radius 1 is 0.944 bits per heavy atom. The predicted molar refractivity (Wildman–Crippen MR) is 147 cm³/mol. The van der Waals surface area contributed by atoms with Gasteiger partial charge in [0.1, 0.15) is 6.54 Å². The van der Waals surface area contributed by atoms with Gasteiger partial charge in [-0.3, -0.25) is 9.59 Å². The molecular formula is C28H37N3O4S. The second kappa shape index (κ2) is 11.5. The highest BCUT2D eigenvalue weighted by Crippen LogP contribution is 2.19. The summed E-state index contributed by atoms with van der Waals surface area (Å²) >= 11 is 0. The van der Waals surface area contributed by atoms with Crippen molar-refractivity contribution in [3.8, 4) is 0 Å². The van der Waals surface area contributed by atoms with Crippen molar-refractivity contribution in [3.63, 3.8) is 0 Å². The molecule has 2 N–H and O–H groups in total. The minimum absolute atomic E-state index is 0. The standard InChI is InChI=1S/C21H25N3O4S.C7H8.2H2/c1-21(2,3)23-29(27,28)17-10-8-16(9-11-17)22-19(25)14-24-13-12-15-6-4-5-7-18(15)20(24)26;1-7-5-3-2-4-6-7;;/h4-11,23H,12-14H2,1-3H3,(H,22,25);2-6H,1H3;2*1H. The van der Waals surface area contributed by atoms with E-state index < -0.39 is 15.6 Å². The van der Waals surface area contributed by atoms with E-state index in [0.717, 1.165) is 5.56 Å². The topological polar surface area (TPSA) is 95.6 Å².